The smallest absolute Gasteiger partial charge is 0.229 e. The molecule has 0 saturated carbocycles. The summed E-state index contributed by atoms with van der Waals surface area (Å²) < 4.78 is 28.1. The van der Waals surface area contributed by atoms with Crippen molar-refractivity contribution >= 4 is 38.7 Å². The predicted molar refractivity (Wildman–Crippen MR) is 141 cm³/mol. The Labute approximate surface area is 209 Å². The average molecular weight is 505 g/mol. The van der Waals surface area contributed by atoms with Gasteiger partial charge in [0.2, 0.25) is 10.0 Å². The minimum atomic E-state index is -3.39. The molecule has 0 bridgehead atoms. The molecule has 0 spiro atoms. The van der Waals surface area contributed by atoms with Crippen LogP contribution in [0.1, 0.15) is 29.0 Å². The van der Waals surface area contributed by atoms with Gasteiger partial charge in [-0.1, -0.05) is 12.1 Å². The maximum absolute atomic E-state index is 11.8. The van der Waals surface area contributed by atoms with Crippen LogP contribution in [0.3, 0.4) is 0 Å². The molecule has 2 N–H and O–H groups in total. The van der Waals surface area contributed by atoms with Gasteiger partial charge in [-0.25, -0.2) is 13.4 Å². The molecule has 1 saturated heterocycles. The molecule has 10 heteroatoms. The molecule has 1 aromatic carbocycles. The number of pyridine rings is 2. The first-order valence-corrected chi connectivity index (χ1v) is 13.3. The van der Waals surface area contributed by atoms with Crippen LogP contribution < -0.4 is 14.9 Å². The van der Waals surface area contributed by atoms with Gasteiger partial charge < -0.3 is 14.8 Å². The van der Waals surface area contributed by atoms with E-state index in [0.29, 0.717) is 10.8 Å². The predicted octanol–water partition coefficient (Wildman–Crippen LogP) is 4.12. The minimum Gasteiger partial charge on any atom is -0.351 e. The summed E-state index contributed by atoms with van der Waals surface area (Å²) in [5.74, 6) is 0.800. The maximum Gasteiger partial charge on any atom is 0.229 e. The van der Waals surface area contributed by atoms with Crippen molar-refractivity contribution in [2.45, 2.75) is 19.0 Å². The summed E-state index contributed by atoms with van der Waals surface area (Å²) in [4.78, 5) is 11.2. The summed E-state index contributed by atoms with van der Waals surface area (Å²) in [5, 5.41) is 4.02. The first-order chi connectivity index (χ1) is 16.8. The summed E-state index contributed by atoms with van der Waals surface area (Å²) in [6.07, 6.45) is 6.66. The standard InChI is InChI=1S/C25H24N6O2S2/c1-17-16-18(11-12-19(17)29-35(2,32)33)31-24(23(28-25(31)34)20-8-3-5-13-26-20)21-9-7-15-30(21)22-10-4-6-14-27-22/h3-16,23-24,29H,1-2H3,(H,28,34)/t23-,24-/m1/s1. The Bertz CT molecular complexity index is 1470. The number of aromatic nitrogens is 3. The summed E-state index contributed by atoms with van der Waals surface area (Å²) >= 11 is 5.82. The van der Waals surface area contributed by atoms with Gasteiger partial charge in [-0.2, -0.15) is 0 Å². The minimum absolute atomic E-state index is 0.213. The average Bonchev–Trinajstić information content (AvgIpc) is 3.45. The molecule has 1 aliphatic heterocycles. The number of hydrogen-bond donors (Lipinski definition) is 2. The van der Waals surface area contributed by atoms with E-state index in [1.165, 1.54) is 0 Å². The quantitative estimate of drug-likeness (QED) is 0.382. The van der Waals surface area contributed by atoms with Crippen molar-refractivity contribution in [3.8, 4) is 5.82 Å². The van der Waals surface area contributed by atoms with Crippen molar-refractivity contribution in [2.24, 2.45) is 0 Å². The molecule has 3 aromatic heterocycles. The number of nitrogens with one attached hydrogen (secondary N) is 2. The number of benzene rings is 1. The normalized spacial score (nSPS) is 17.9. The van der Waals surface area contributed by atoms with Crippen molar-refractivity contribution in [1.29, 1.82) is 0 Å². The van der Waals surface area contributed by atoms with Gasteiger partial charge in [0.15, 0.2) is 5.11 Å². The third-order valence-electron chi connectivity index (χ3n) is 5.86. The monoisotopic (exact) mass is 504 g/mol. The molecule has 0 radical (unpaired) electrons. The fourth-order valence-corrected chi connectivity index (χ4v) is 5.36. The number of hydrogen-bond acceptors (Lipinski definition) is 5. The molecule has 0 aliphatic carbocycles. The number of nitrogens with zero attached hydrogens (tertiary/aromatic N) is 4. The Morgan fingerprint density at radius 1 is 1.00 bits per heavy atom. The molecule has 0 amide bonds. The van der Waals surface area contributed by atoms with Gasteiger partial charge in [0.25, 0.3) is 0 Å². The van der Waals surface area contributed by atoms with E-state index in [2.05, 4.69) is 35.5 Å². The first-order valence-electron chi connectivity index (χ1n) is 11.0. The number of aryl methyl sites for hydroxylation is 1. The number of thiocarbonyl (C=S) groups is 1. The third kappa shape index (κ3) is 4.62. The summed E-state index contributed by atoms with van der Waals surface area (Å²) in [6.45, 7) is 1.87. The van der Waals surface area contributed by atoms with E-state index in [-0.39, 0.29) is 12.1 Å². The number of rotatable bonds is 6. The van der Waals surface area contributed by atoms with Crippen LogP contribution >= 0.6 is 12.2 Å². The lowest BCUT2D eigenvalue weighted by Gasteiger charge is -2.29. The second-order valence-corrected chi connectivity index (χ2v) is 10.5. The van der Waals surface area contributed by atoms with E-state index in [1.54, 1.807) is 18.5 Å². The molecule has 8 nitrogen and oxygen atoms in total. The fourth-order valence-electron chi connectivity index (χ4n) is 4.39. The molecule has 35 heavy (non-hydrogen) atoms. The van der Waals surface area contributed by atoms with Crippen LogP contribution in [-0.2, 0) is 10.0 Å². The van der Waals surface area contributed by atoms with Gasteiger partial charge in [-0.15, -0.1) is 0 Å². The zero-order valence-corrected chi connectivity index (χ0v) is 20.8. The molecule has 5 rings (SSSR count). The highest BCUT2D eigenvalue weighted by atomic mass is 32.2. The second kappa shape index (κ2) is 9.12. The summed E-state index contributed by atoms with van der Waals surface area (Å²) in [7, 11) is -3.39. The lowest BCUT2D eigenvalue weighted by molar-refractivity contribution is 0.548. The van der Waals surface area contributed by atoms with Gasteiger partial charge in [-0.05, 0) is 79.3 Å². The van der Waals surface area contributed by atoms with E-state index in [1.807, 2.05) is 67.7 Å². The van der Waals surface area contributed by atoms with Crippen molar-refractivity contribution in [1.82, 2.24) is 19.9 Å². The molecule has 0 unspecified atom stereocenters. The van der Waals surface area contributed by atoms with Gasteiger partial charge in [0.1, 0.15) is 11.9 Å². The van der Waals surface area contributed by atoms with Crippen LogP contribution in [0.25, 0.3) is 5.82 Å². The van der Waals surface area contributed by atoms with Gasteiger partial charge in [0.05, 0.1) is 23.7 Å². The van der Waals surface area contributed by atoms with Gasteiger partial charge >= 0.3 is 0 Å². The van der Waals surface area contributed by atoms with E-state index in [9.17, 15) is 8.42 Å². The molecular weight excluding hydrogens is 480 g/mol. The zero-order chi connectivity index (χ0) is 24.6. The fraction of sp³-hybridized carbons (Fsp3) is 0.160. The Kier molecular flexibility index (Phi) is 6.00. The van der Waals surface area contributed by atoms with Gasteiger partial charge in [-0.3, -0.25) is 9.71 Å². The highest BCUT2D eigenvalue weighted by molar-refractivity contribution is 7.92. The lowest BCUT2D eigenvalue weighted by Crippen LogP contribution is -2.30. The van der Waals surface area contributed by atoms with Crippen LogP contribution in [0, 0.1) is 6.92 Å². The van der Waals surface area contributed by atoms with E-state index < -0.39 is 10.0 Å². The molecule has 178 valence electrons. The number of anilines is 2. The van der Waals surface area contributed by atoms with Crippen LogP contribution in [0.2, 0.25) is 0 Å². The van der Waals surface area contributed by atoms with E-state index >= 15 is 0 Å². The highest BCUT2D eigenvalue weighted by Crippen LogP contribution is 2.42. The molecule has 2 atom stereocenters. The Hall–Kier alpha value is -3.76. The van der Waals surface area contributed by atoms with Crippen molar-refractivity contribution < 1.29 is 8.42 Å². The van der Waals surface area contributed by atoms with Crippen molar-refractivity contribution in [3.05, 3.63) is 102 Å². The van der Waals surface area contributed by atoms with Gasteiger partial charge in [0, 0.05) is 30.0 Å². The SMILES string of the molecule is Cc1cc(N2C(=S)N[C@H](c3ccccn3)[C@H]2c2cccn2-c2ccccn2)ccc1NS(C)(=O)=O. The topological polar surface area (TPSA) is 92.2 Å². The Morgan fingerprint density at radius 3 is 2.43 bits per heavy atom. The lowest BCUT2D eigenvalue weighted by atomic mass is 10.0. The van der Waals surface area contributed by atoms with E-state index in [4.69, 9.17) is 12.2 Å². The first kappa shape index (κ1) is 23.0. The zero-order valence-electron chi connectivity index (χ0n) is 19.2. The Morgan fingerprint density at radius 2 is 1.77 bits per heavy atom. The largest absolute Gasteiger partial charge is 0.351 e. The molecular formula is C25H24N6O2S2. The highest BCUT2D eigenvalue weighted by Gasteiger charge is 2.42. The molecule has 4 heterocycles. The maximum atomic E-state index is 11.8. The number of sulfonamides is 1. The van der Waals surface area contributed by atoms with Crippen LogP contribution in [0.5, 0.6) is 0 Å². The van der Waals surface area contributed by atoms with Crippen molar-refractivity contribution in [2.75, 3.05) is 15.9 Å². The Balaban J connectivity index is 1.63. The van der Waals surface area contributed by atoms with Crippen LogP contribution in [0.4, 0.5) is 11.4 Å². The molecule has 4 aromatic rings. The summed E-state index contributed by atoms with van der Waals surface area (Å²) in [5.41, 5.74) is 4.02. The molecule has 1 aliphatic rings. The van der Waals surface area contributed by atoms with Crippen LogP contribution in [-0.4, -0.2) is 34.3 Å². The second-order valence-electron chi connectivity index (χ2n) is 8.36. The van der Waals surface area contributed by atoms with E-state index in [0.717, 1.165) is 34.7 Å². The summed E-state index contributed by atoms with van der Waals surface area (Å²) in [6, 6.07) is 20.8. The third-order valence-corrected chi connectivity index (χ3v) is 6.77. The molecule has 1 fully saturated rings. The van der Waals surface area contributed by atoms with Crippen molar-refractivity contribution in [3.63, 3.8) is 0 Å². The van der Waals surface area contributed by atoms with Crippen LogP contribution in [0.15, 0.2) is 85.3 Å².